The van der Waals surface area contributed by atoms with Gasteiger partial charge in [-0.05, 0) is 20.8 Å². The summed E-state index contributed by atoms with van der Waals surface area (Å²) in [6, 6.07) is -0.207. The molecule has 0 unspecified atom stereocenters. The van der Waals surface area contributed by atoms with Crippen molar-refractivity contribution in [3.05, 3.63) is 15.6 Å². The molecular formula is C13H21N3O4S. The van der Waals surface area contributed by atoms with E-state index in [0.717, 1.165) is 11.3 Å². The van der Waals surface area contributed by atoms with Gasteiger partial charge in [-0.15, -0.1) is 11.3 Å². The Hall–Kier alpha value is -1.67. The van der Waals surface area contributed by atoms with Gasteiger partial charge in [0.25, 0.3) is 0 Å². The maximum Gasteiger partial charge on any atom is 0.347 e. The first kappa shape index (κ1) is 17.4. The molecule has 0 radical (unpaired) electrons. The van der Waals surface area contributed by atoms with Gasteiger partial charge in [-0.2, -0.15) is 0 Å². The number of thiazole rings is 1. The molecule has 0 aliphatic heterocycles. The fourth-order valence-corrected chi connectivity index (χ4v) is 2.55. The zero-order valence-electron chi connectivity index (χ0n) is 12.5. The summed E-state index contributed by atoms with van der Waals surface area (Å²) in [4.78, 5) is 28.9. The minimum Gasteiger partial charge on any atom is -0.477 e. The van der Waals surface area contributed by atoms with E-state index < -0.39 is 5.97 Å². The van der Waals surface area contributed by atoms with Crippen LogP contribution in [0.15, 0.2) is 0 Å². The summed E-state index contributed by atoms with van der Waals surface area (Å²) in [6.45, 7) is 7.88. The summed E-state index contributed by atoms with van der Waals surface area (Å²) in [5.74, 6) is -0.991. The van der Waals surface area contributed by atoms with Crippen LogP contribution in [-0.4, -0.2) is 53.3 Å². The standard InChI is InChI=1S/C13H21N3O4S/c1-4-16(6-7-20-5-2)13(19)14-8-10-15-9(3)11(21-10)12(17)18/h4-8H2,1-3H3,(H,14,19)(H,17,18). The second-order valence-electron chi connectivity index (χ2n) is 4.26. The highest BCUT2D eigenvalue weighted by Crippen LogP contribution is 2.17. The monoisotopic (exact) mass is 315 g/mol. The van der Waals surface area contributed by atoms with Gasteiger partial charge in [0.1, 0.15) is 9.88 Å². The normalized spacial score (nSPS) is 10.4. The Balaban J connectivity index is 2.51. The number of hydrogen-bond acceptors (Lipinski definition) is 5. The Kier molecular flexibility index (Phi) is 7.10. The van der Waals surface area contributed by atoms with Crippen LogP contribution in [-0.2, 0) is 11.3 Å². The first-order chi connectivity index (χ1) is 9.99. The number of hydrogen-bond donors (Lipinski definition) is 2. The van der Waals surface area contributed by atoms with Gasteiger partial charge >= 0.3 is 12.0 Å². The molecule has 0 aromatic carbocycles. The molecule has 1 rings (SSSR count). The van der Waals surface area contributed by atoms with E-state index in [1.54, 1.807) is 11.8 Å². The number of aryl methyl sites for hydroxylation is 1. The zero-order chi connectivity index (χ0) is 15.8. The lowest BCUT2D eigenvalue weighted by atomic mass is 10.4. The molecule has 2 N–H and O–H groups in total. The average Bonchev–Trinajstić information content (AvgIpc) is 2.82. The summed E-state index contributed by atoms with van der Waals surface area (Å²) >= 11 is 1.08. The molecule has 0 aliphatic carbocycles. The fourth-order valence-electron chi connectivity index (χ4n) is 1.71. The molecular weight excluding hydrogens is 294 g/mol. The van der Waals surface area contributed by atoms with Gasteiger partial charge in [-0.1, -0.05) is 0 Å². The Morgan fingerprint density at radius 2 is 2.14 bits per heavy atom. The van der Waals surface area contributed by atoms with Crippen LogP contribution < -0.4 is 5.32 Å². The lowest BCUT2D eigenvalue weighted by Crippen LogP contribution is -2.41. The van der Waals surface area contributed by atoms with Gasteiger partial charge in [0.15, 0.2) is 0 Å². The number of ether oxygens (including phenoxy) is 1. The molecule has 1 aromatic rings. The summed E-state index contributed by atoms with van der Waals surface area (Å²) in [7, 11) is 0. The van der Waals surface area contributed by atoms with E-state index in [4.69, 9.17) is 9.84 Å². The van der Waals surface area contributed by atoms with E-state index >= 15 is 0 Å². The van der Waals surface area contributed by atoms with Crippen molar-refractivity contribution < 1.29 is 19.4 Å². The predicted molar refractivity (Wildman–Crippen MR) is 79.8 cm³/mol. The van der Waals surface area contributed by atoms with Crippen LogP contribution in [0.1, 0.15) is 34.2 Å². The van der Waals surface area contributed by atoms with Gasteiger partial charge in [-0.25, -0.2) is 14.6 Å². The molecule has 0 saturated carbocycles. The van der Waals surface area contributed by atoms with Crippen LogP contribution in [0.5, 0.6) is 0 Å². The molecule has 0 atom stereocenters. The zero-order valence-corrected chi connectivity index (χ0v) is 13.3. The molecule has 1 heterocycles. The molecule has 0 aliphatic rings. The number of amides is 2. The van der Waals surface area contributed by atoms with Crippen molar-refractivity contribution in [2.24, 2.45) is 0 Å². The Bertz CT molecular complexity index is 490. The molecule has 7 nitrogen and oxygen atoms in total. The highest BCUT2D eigenvalue weighted by molar-refractivity contribution is 7.13. The second kappa shape index (κ2) is 8.58. The summed E-state index contributed by atoms with van der Waals surface area (Å²) in [5.41, 5.74) is 0.473. The fraction of sp³-hybridized carbons (Fsp3) is 0.615. The maximum absolute atomic E-state index is 12.0. The highest BCUT2D eigenvalue weighted by atomic mass is 32.1. The molecule has 0 bridgehead atoms. The molecule has 8 heteroatoms. The van der Waals surface area contributed by atoms with Crippen molar-refractivity contribution in [2.45, 2.75) is 27.3 Å². The van der Waals surface area contributed by atoms with Crippen molar-refractivity contribution in [3.8, 4) is 0 Å². The molecule has 0 spiro atoms. The van der Waals surface area contributed by atoms with Crippen molar-refractivity contribution in [2.75, 3.05) is 26.3 Å². The number of aromatic nitrogens is 1. The SMILES string of the molecule is CCOCCN(CC)C(=O)NCc1nc(C)c(C(=O)O)s1. The van der Waals surface area contributed by atoms with Crippen molar-refractivity contribution in [1.82, 2.24) is 15.2 Å². The number of carboxylic acid groups (broad SMARTS) is 1. The minimum atomic E-state index is -0.991. The first-order valence-corrected chi connectivity index (χ1v) is 7.61. The topological polar surface area (TPSA) is 91.8 Å². The third-order valence-corrected chi connectivity index (χ3v) is 3.95. The number of urea groups is 1. The van der Waals surface area contributed by atoms with Crippen LogP contribution in [0.25, 0.3) is 0 Å². The number of rotatable bonds is 8. The third kappa shape index (κ3) is 5.31. The van der Waals surface area contributed by atoms with Crippen LogP contribution in [0.3, 0.4) is 0 Å². The van der Waals surface area contributed by atoms with Crippen LogP contribution in [0.4, 0.5) is 4.79 Å². The lowest BCUT2D eigenvalue weighted by molar-refractivity contribution is 0.0701. The third-order valence-electron chi connectivity index (χ3n) is 2.80. The van der Waals surface area contributed by atoms with E-state index in [2.05, 4.69) is 10.3 Å². The summed E-state index contributed by atoms with van der Waals surface area (Å²) in [6.07, 6.45) is 0. The molecule has 0 fully saturated rings. The molecule has 21 heavy (non-hydrogen) atoms. The van der Waals surface area contributed by atoms with Crippen LogP contribution in [0.2, 0.25) is 0 Å². The van der Waals surface area contributed by atoms with Gasteiger partial charge < -0.3 is 20.1 Å². The van der Waals surface area contributed by atoms with Gasteiger partial charge in [0.05, 0.1) is 18.8 Å². The van der Waals surface area contributed by atoms with Crippen LogP contribution in [0, 0.1) is 6.92 Å². The van der Waals surface area contributed by atoms with E-state index in [0.29, 0.717) is 37.0 Å². The van der Waals surface area contributed by atoms with Gasteiger partial charge in [-0.3, -0.25) is 0 Å². The molecule has 118 valence electrons. The predicted octanol–water partition coefficient (Wildman–Crippen LogP) is 1.72. The number of aromatic carboxylic acids is 1. The smallest absolute Gasteiger partial charge is 0.347 e. The summed E-state index contributed by atoms with van der Waals surface area (Å²) in [5, 5.41) is 12.3. The van der Waals surface area contributed by atoms with Gasteiger partial charge in [0.2, 0.25) is 0 Å². The number of carbonyl (C=O) groups excluding carboxylic acids is 1. The molecule has 2 amide bonds. The molecule has 0 saturated heterocycles. The van der Waals surface area contributed by atoms with E-state index in [1.807, 2.05) is 13.8 Å². The molecule has 1 aromatic heterocycles. The number of likely N-dealkylation sites (N-methyl/N-ethyl adjacent to an activating group) is 1. The minimum absolute atomic E-state index is 0.207. The van der Waals surface area contributed by atoms with E-state index in [9.17, 15) is 9.59 Å². The maximum atomic E-state index is 12.0. The van der Waals surface area contributed by atoms with Crippen LogP contribution >= 0.6 is 11.3 Å². The van der Waals surface area contributed by atoms with Crippen molar-refractivity contribution in [1.29, 1.82) is 0 Å². The lowest BCUT2D eigenvalue weighted by Gasteiger charge is -2.20. The van der Waals surface area contributed by atoms with Gasteiger partial charge in [0, 0.05) is 19.7 Å². The Labute approximate surface area is 127 Å². The Morgan fingerprint density at radius 3 is 2.67 bits per heavy atom. The van der Waals surface area contributed by atoms with E-state index in [-0.39, 0.29) is 17.5 Å². The first-order valence-electron chi connectivity index (χ1n) is 6.79. The number of carboxylic acids is 1. The quantitative estimate of drug-likeness (QED) is 0.713. The second-order valence-corrected chi connectivity index (χ2v) is 5.35. The number of carbonyl (C=O) groups is 2. The number of nitrogens with zero attached hydrogens (tertiary/aromatic N) is 2. The average molecular weight is 315 g/mol. The van der Waals surface area contributed by atoms with Crippen molar-refractivity contribution >= 4 is 23.3 Å². The highest BCUT2D eigenvalue weighted by Gasteiger charge is 2.15. The number of nitrogens with one attached hydrogen (secondary N) is 1. The largest absolute Gasteiger partial charge is 0.477 e. The Morgan fingerprint density at radius 1 is 1.43 bits per heavy atom. The van der Waals surface area contributed by atoms with E-state index in [1.165, 1.54) is 0 Å². The van der Waals surface area contributed by atoms with Crippen molar-refractivity contribution in [3.63, 3.8) is 0 Å². The summed E-state index contributed by atoms with van der Waals surface area (Å²) < 4.78 is 5.23.